The summed E-state index contributed by atoms with van der Waals surface area (Å²) < 4.78 is 23.5. The zero-order chi connectivity index (χ0) is 36.6. The van der Waals surface area contributed by atoms with Crippen molar-refractivity contribution in [3.63, 3.8) is 0 Å². The molecule has 3 aromatic heterocycles. The van der Waals surface area contributed by atoms with Crippen LogP contribution < -0.4 is 14.2 Å². The Balaban J connectivity index is 0.00000427. The normalized spacial score (nSPS) is 11.0. The number of hydrogen-bond donors (Lipinski definition) is 0. The number of benzene rings is 6. The summed E-state index contributed by atoms with van der Waals surface area (Å²) in [6, 6.07) is 54.6. The van der Waals surface area contributed by atoms with Gasteiger partial charge in [-0.2, -0.15) is 17.2 Å². The van der Waals surface area contributed by atoms with Gasteiger partial charge in [0.25, 0.3) is 0 Å². The van der Waals surface area contributed by atoms with Gasteiger partial charge < -0.3 is 18.8 Å². The molecule has 0 aliphatic carbocycles. The van der Waals surface area contributed by atoms with Crippen molar-refractivity contribution in [3.05, 3.63) is 181 Å². The van der Waals surface area contributed by atoms with Gasteiger partial charge in [-0.05, 0) is 92.0 Å². The molecule has 7 nitrogen and oxygen atoms in total. The summed E-state index contributed by atoms with van der Waals surface area (Å²) in [7, 11) is 0. The minimum atomic E-state index is 0. The third kappa shape index (κ3) is 6.91. The summed E-state index contributed by atoms with van der Waals surface area (Å²) in [6.07, 6.45) is 1.84. The van der Waals surface area contributed by atoms with Crippen molar-refractivity contribution in [2.75, 3.05) is 0 Å². The summed E-state index contributed by atoms with van der Waals surface area (Å²) >= 11 is 0. The van der Waals surface area contributed by atoms with E-state index in [1.807, 2.05) is 140 Å². The average Bonchev–Trinajstić information content (AvgIpc) is 3.68. The zero-order valence-corrected chi connectivity index (χ0v) is 32.5. The van der Waals surface area contributed by atoms with Crippen LogP contribution in [0.5, 0.6) is 34.5 Å². The average molecular weight is 898 g/mol. The van der Waals surface area contributed by atoms with Crippen molar-refractivity contribution in [3.8, 4) is 57.1 Å². The Hall–Kier alpha value is -6.43. The molecule has 0 radical (unpaired) electrons. The molecule has 0 saturated carbocycles. The van der Waals surface area contributed by atoms with Crippen molar-refractivity contribution in [1.29, 1.82) is 0 Å². The van der Waals surface area contributed by atoms with E-state index in [1.54, 1.807) is 0 Å². The zero-order valence-electron chi connectivity index (χ0n) is 30.3. The Morgan fingerprint density at radius 3 is 1.93 bits per heavy atom. The van der Waals surface area contributed by atoms with E-state index in [0.29, 0.717) is 23.0 Å². The molecular weight excluding hydrogens is 864 g/mol. The van der Waals surface area contributed by atoms with Gasteiger partial charge in [-0.3, -0.25) is 4.68 Å². The third-order valence-corrected chi connectivity index (χ3v) is 9.36. The number of aryl methyl sites for hydroxylation is 2. The molecule has 3 heterocycles. The third-order valence-electron chi connectivity index (χ3n) is 9.36. The van der Waals surface area contributed by atoms with Crippen LogP contribution in [-0.4, -0.2) is 19.3 Å². The summed E-state index contributed by atoms with van der Waals surface area (Å²) in [4.78, 5) is 4.70. The van der Waals surface area contributed by atoms with Crippen LogP contribution in [0.4, 0.5) is 0 Å². The van der Waals surface area contributed by atoms with E-state index < -0.39 is 0 Å². The van der Waals surface area contributed by atoms with Gasteiger partial charge in [-0.15, -0.1) is 35.7 Å². The second-order valence-corrected chi connectivity index (χ2v) is 13.0. The van der Waals surface area contributed by atoms with Crippen molar-refractivity contribution < 1.29 is 35.3 Å². The van der Waals surface area contributed by atoms with Crippen LogP contribution in [0.2, 0.25) is 0 Å². The number of ether oxygens (including phenoxy) is 3. The fourth-order valence-electron chi connectivity index (χ4n) is 6.95. The first kappa shape index (κ1) is 35.6. The Labute approximate surface area is 333 Å². The summed E-state index contributed by atoms with van der Waals surface area (Å²) in [5, 5.41) is 7.22. The molecule has 0 bridgehead atoms. The maximum atomic E-state index is 6.49. The molecular formula is C47H34N4O3Pt. The minimum absolute atomic E-state index is 0. The van der Waals surface area contributed by atoms with Crippen LogP contribution in [0, 0.1) is 32.9 Å². The van der Waals surface area contributed by atoms with Gasteiger partial charge in [-0.1, -0.05) is 66.2 Å². The van der Waals surface area contributed by atoms with Gasteiger partial charge in [0.15, 0.2) is 0 Å². The molecule has 0 spiro atoms. The topological polar surface area (TPSA) is 63.3 Å². The quantitative estimate of drug-likeness (QED) is 0.135. The van der Waals surface area contributed by atoms with Gasteiger partial charge in [-0.25, -0.2) is 4.98 Å². The molecule has 9 rings (SSSR count). The smallest absolute Gasteiger partial charge is 0.509 e. The molecule has 9 aromatic rings. The summed E-state index contributed by atoms with van der Waals surface area (Å²) in [5.74, 6) is 4.70. The van der Waals surface area contributed by atoms with E-state index in [1.165, 1.54) is 0 Å². The second-order valence-electron chi connectivity index (χ2n) is 13.0. The number of hydrogen-bond acceptors (Lipinski definition) is 5. The number of aromatic nitrogens is 4. The van der Waals surface area contributed by atoms with Gasteiger partial charge in [0.05, 0.1) is 11.3 Å². The van der Waals surface area contributed by atoms with Crippen LogP contribution >= 0.6 is 0 Å². The van der Waals surface area contributed by atoms with Gasteiger partial charge in [0, 0.05) is 34.5 Å². The van der Waals surface area contributed by atoms with Crippen LogP contribution in [-0.2, 0) is 21.1 Å². The Kier molecular flexibility index (Phi) is 9.79. The standard InChI is InChI=1S/C47H34N4O3.Pt/c1-31-26-27-48-45(28-31)50-41-21-11-10-20-39(41)40-25-24-38(30-42(40)50)52-37-19-12-14-34(29-37)51-33(3)46(32(2)49-51)47-43(53-35-15-6-4-7-16-35)22-13-23-44(47)54-36-17-8-5-9-18-36;/h4-28H,1-3H3;/q-2;+2. The van der Waals surface area contributed by atoms with Crippen molar-refractivity contribution in [2.45, 2.75) is 20.8 Å². The molecule has 0 fully saturated rings. The molecule has 0 atom stereocenters. The van der Waals surface area contributed by atoms with Crippen molar-refractivity contribution >= 4 is 21.8 Å². The fraction of sp³-hybridized carbons (Fsp3) is 0.0638. The summed E-state index contributed by atoms with van der Waals surface area (Å²) in [6.45, 7) is 6.11. The maximum absolute atomic E-state index is 6.49. The van der Waals surface area contributed by atoms with E-state index in [2.05, 4.69) is 54.0 Å². The Morgan fingerprint density at radius 1 is 0.564 bits per heavy atom. The second kappa shape index (κ2) is 15.1. The first-order valence-electron chi connectivity index (χ1n) is 17.7. The number of nitrogens with zero attached hydrogens (tertiary/aromatic N) is 4. The molecule has 0 aliphatic heterocycles. The first-order chi connectivity index (χ1) is 26.5. The molecule has 0 saturated heterocycles. The van der Waals surface area contributed by atoms with E-state index in [4.69, 9.17) is 24.3 Å². The van der Waals surface area contributed by atoms with Crippen LogP contribution in [0.3, 0.4) is 0 Å². The Bertz CT molecular complexity index is 2730. The molecule has 8 heteroatoms. The van der Waals surface area contributed by atoms with E-state index in [9.17, 15) is 0 Å². The minimum Gasteiger partial charge on any atom is -0.509 e. The summed E-state index contributed by atoms with van der Waals surface area (Å²) in [5.41, 5.74) is 7.22. The van der Waals surface area contributed by atoms with Gasteiger partial charge in [0.1, 0.15) is 28.8 Å². The molecule has 0 N–H and O–H groups in total. The van der Waals surface area contributed by atoms with Crippen LogP contribution in [0.1, 0.15) is 17.0 Å². The monoisotopic (exact) mass is 897 g/mol. The van der Waals surface area contributed by atoms with Crippen LogP contribution in [0.25, 0.3) is 44.4 Å². The fourth-order valence-corrected chi connectivity index (χ4v) is 6.95. The molecule has 0 amide bonds. The number of pyridine rings is 1. The molecule has 6 aromatic carbocycles. The Morgan fingerprint density at radius 2 is 1.22 bits per heavy atom. The number of rotatable bonds is 9. The van der Waals surface area contributed by atoms with Crippen molar-refractivity contribution in [1.82, 2.24) is 19.3 Å². The molecule has 0 aliphatic rings. The van der Waals surface area contributed by atoms with Crippen LogP contribution in [0.15, 0.2) is 152 Å². The van der Waals surface area contributed by atoms with E-state index in [-0.39, 0.29) is 21.1 Å². The molecule has 55 heavy (non-hydrogen) atoms. The van der Waals surface area contributed by atoms with E-state index >= 15 is 0 Å². The number of fused-ring (bicyclic) bond motifs is 3. The largest absolute Gasteiger partial charge is 2.00 e. The predicted octanol–water partition coefficient (Wildman–Crippen LogP) is 11.9. The molecule has 270 valence electrons. The van der Waals surface area contributed by atoms with E-state index in [0.717, 1.165) is 72.9 Å². The van der Waals surface area contributed by atoms with Crippen molar-refractivity contribution in [2.24, 2.45) is 0 Å². The van der Waals surface area contributed by atoms with Gasteiger partial charge >= 0.3 is 21.1 Å². The molecule has 0 unspecified atom stereocenters. The van der Waals surface area contributed by atoms with Gasteiger partial charge in [0.2, 0.25) is 0 Å². The predicted molar refractivity (Wildman–Crippen MR) is 213 cm³/mol. The SMILES string of the molecule is Cc1ccnc(-n2c3[c-]c(Oc4[c-]c(-n5nc(C)c(-c6c(Oc7ccccc7)cccc6Oc6ccccc6)c5C)ccc4)ccc3c3ccccc32)c1.[Pt+2]. The maximum Gasteiger partial charge on any atom is 2.00 e. The first-order valence-corrected chi connectivity index (χ1v) is 17.7. The number of para-hydroxylation sites is 3.